The van der Waals surface area contributed by atoms with E-state index in [1.165, 1.54) is 12.3 Å². The normalized spacial score (nSPS) is 17.1. The number of β-amino-alcohol motifs (C(OH)–C–C–N with tert-alkyl or cyclic N) is 1. The van der Waals surface area contributed by atoms with Gasteiger partial charge in [0.2, 0.25) is 0 Å². The predicted octanol–water partition coefficient (Wildman–Crippen LogP) is 1.92. The molecule has 7 heteroatoms. The molecule has 5 nitrogen and oxygen atoms in total. The molecule has 0 bridgehead atoms. The number of aliphatic hydroxyl groups is 1. The molecule has 116 valence electrons. The van der Waals surface area contributed by atoms with Crippen LogP contribution in [0.3, 0.4) is 0 Å². The average Bonchev–Trinajstić information content (AvgIpc) is 2.40. The van der Waals surface area contributed by atoms with Crippen molar-refractivity contribution in [1.82, 2.24) is 14.8 Å². The summed E-state index contributed by atoms with van der Waals surface area (Å²) in [5.41, 5.74) is -0.346. The molecule has 1 aliphatic rings. The van der Waals surface area contributed by atoms with Crippen LogP contribution in [0.25, 0.3) is 0 Å². The molecule has 1 aromatic rings. The van der Waals surface area contributed by atoms with Crippen molar-refractivity contribution in [3.8, 4) is 0 Å². The first kappa shape index (κ1) is 16.5. The van der Waals surface area contributed by atoms with Gasteiger partial charge in [0.05, 0.1) is 16.2 Å². The molecular formula is C14H19Cl2N3O2. The third kappa shape index (κ3) is 4.54. The van der Waals surface area contributed by atoms with E-state index in [1.807, 2.05) is 0 Å². The van der Waals surface area contributed by atoms with E-state index in [1.54, 1.807) is 18.7 Å². The summed E-state index contributed by atoms with van der Waals surface area (Å²) in [6.07, 6.45) is 1.39. The molecule has 0 radical (unpaired) electrons. The minimum absolute atomic E-state index is 0.132. The topological polar surface area (TPSA) is 56.7 Å². The third-order valence-corrected chi connectivity index (χ3v) is 3.83. The van der Waals surface area contributed by atoms with E-state index in [4.69, 9.17) is 23.2 Å². The number of hydrogen-bond donors (Lipinski definition) is 1. The number of hydrogen-bond acceptors (Lipinski definition) is 4. The molecule has 0 spiro atoms. The molecule has 0 saturated carbocycles. The second-order valence-electron chi connectivity index (χ2n) is 5.87. The lowest BCUT2D eigenvalue weighted by Crippen LogP contribution is -2.52. The average molecular weight is 332 g/mol. The number of carbonyl (C=O) groups is 1. The molecule has 1 amide bonds. The van der Waals surface area contributed by atoms with Crippen LogP contribution in [0.4, 0.5) is 0 Å². The van der Waals surface area contributed by atoms with Crippen LogP contribution < -0.4 is 0 Å². The van der Waals surface area contributed by atoms with E-state index in [0.717, 1.165) is 13.1 Å². The molecule has 1 aliphatic heterocycles. The number of aromatic nitrogens is 1. The van der Waals surface area contributed by atoms with Gasteiger partial charge < -0.3 is 10.0 Å². The molecule has 0 atom stereocenters. The van der Waals surface area contributed by atoms with Crippen LogP contribution in [0.15, 0.2) is 12.3 Å². The van der Waals surface area contributed by atoms with Gasteiger partial charge >= 0.3 is 0 Å². The maximum atomic E-state index is 12.5. The van der Waals surface area contributed by atoms with Crippen molar-refractivity contribution >= 4 is 29.1 Å². The van der Waals surface area contributed by atoms with E-state index >= 15 is 0 Å². The lowest BCUT2D eigenvalue weighted by Gasteiger charge is -2.37. The zero-order valence-electron chi connectivity index (χ0n) is 12.1. The second kappa shape index (κ2) is 6.48. The van der Waals surface area contributed by atoms with Crippen LogP contribution >= 0.6 is 23.2 Å². The van der Waals surface area contributed by atoms with Crippen molar-refractivity contribution in [3.05, 3.63) is 28.0 Å². The van der Waals surface area contributed by atoms with Crippen molar-refractivity contribution in [2.75, 3.05) is 32.7 Å². The van der Waals surface area contributed by atoms with Gasteiger partial charge in [0.25, 0.3) is 5.91 Å². The lowest BCUT2D eigenvalue weighted by atomic mass is 10.1. The Morgan fingerprint density at radius 2 is 1.95 bits per heavy atom. The molecule has 1 fully saturated rings. The minimum Gasteiger partial charge on any atom is -0.389 e. The highest BCUT2D eigenvalue weighted by Gasteiger charge is 2.26. The maximum Gasteiger partial charge on any atom is 0.255 e. The molecular weight excluding hydrogens is 313 g/mol. The maximum absolute atomic E-state index is 12.5. The first-order chi connectivity index (χ1) is 9.76. The fraction of sp³-hybridized carbons (Fsp3) is 0.571. The number of carbonyl (C=O) groups excluding carboxylic acids is 1. The Hall–Kier alpha value is -0.880. The van der Waals surface area contributed by atoms with Gasteiger partial charge in [0.1, 0.15) is 5.15 Å². The van der Waals surface area contributed by atoms with Crippen molar-refractivity contribution < 1.29 is 9.90 Å². The fourth-order valence-corrected chi connectivity index (χ4v) is 2.75. The highest BCUT2D eigenvalue weighted by molar-refractivity contribution is 6.35. The van der Waals surface area contributed by atoms with Crippen LogP contribution in [-0.4, -0.2) is 64.1 Å². The Kier molecular flexibility index (Phi) is 5.09. The van der Waals surface area contributed by atoms with E-state index < -0.39 is 5.60 Å². The summed E-state index contributed by atoms with van der Waals surface area (Å²) in [7, 11) is 0. The van der Waals surface area contributed by atoms with E-state index in [-0.39, 0.29) is 11.1 Å². The van der Waals surface area contributed by atoms with Crippen LogP contribution in [-0.2, 0) is 0 Å². The zero-order chi connectivity index (χ0) is 15.6. The van der Waals surface area contributed by atoms with Gasteiger partial charge in [-0.2, -0.15) is 0 Å². The molecule has 21 heavy (non-hydrogen) atoms. The lowest BCUT2D eigenvalue weighted by molar-refractivity contribution is 0.0178. The number of pyridine rings is 1. The molecule has 2 heterocycles. The fourth-order valence-electron chi connectivity index (χ4n) is 2.40. The summed E-state index contributed by atoms with van der Waals surface area (Å²) < 4.78 is 0. The standard InChI is InChI=1S/C14H19Cl2N3O2/c1-14(2,21)9-18-3-5-19(6-4-18)13(20)10-7-12(16)17-8-11(10)15/h7-8,21H,3-6,9H2,1-2H3. The highest BCUT2D eigenvalue weighted by Crippen LogP contribution is 2.21. The van der Waals surface area contributed by atoms with Gasteiger partial charge in [-0.3, -0.25) is 9.69 Å². The molecule has 1 N–H and O–H groups in total. The highest BCUT2D eigenvalue weighted by atomic mass is 35.5. The number of halogens is 2. The third-order valence-electron chi connectivity index (χ3n) is 3.32. The van der Waals surface area contributed by atoms with Crippen molar-refractivity contribution in [1.29, 1.82) is 0 Å². The Morgan fingerprint density at radius 1 is 1.33 bits per heavy atom. The molecule has 1 aromatic heterocycles. The predicted molar refractivity (Wildman–Crippen MR) is 82.9 cm³/mol. The molecule has 1 saturated heterocycles. The summed E-state index contributed by atoms with van der Waals surface area (Å²) >= 11 is 11.8. The van der Waals surface area contributed by atoms with Crippen LogP contribution in [0.1, 0.15) is 24.2 Å². The van der Waals surface area contributed by atoms with E-state index in [2.05, 4.69) is 9.88 Å². The second-order valence-corrected chi connectivity index (χ2v) is 6.66. The smallest absolute Gasteiger partial charge is 0.255 e. The minimum atomic E-state index is -0.728. The summed E-state index contributed by atoms with van der Waals surface area (Å²) in [5, 5.41) is 10.4. The van der Waals surface area contributed by atoms with Gasteiger partial charge in [-0.1, -0.05) is 23.2 Å². The summed E-state index contributed by atoms with van der Waals surface area (Å²) in [6.45, 7) is 6.82. The Labute approximate surface area is 134 Å². The summed E-state index contributed by atoms with van der Waals surface area (Å²) in [4.78, 5) is 20.2. The van der Waals surface area contributed by atoms with Gasteiger partial charge in [0, 0.05) is 38.9 Å². The summed E-state index contributed by atoms with van der Waals surface area (Å²) in [5.74, 6) is -0.132. The van der Waals surface area contributed by atoms with Crippen LogP contribution in [0.2, 0.25) is 10.2 Å². The first-order valence-corrected chi connectivity index (χ1v) is 7.57. The quantitative estimate of drug-likeness (QED) is 0.860. The Balaban J connectivity index is 1.99. The van der Waals surface area contributed by atoms with E-state index in [0.29, 0.717) is 30.2 Å². The Bertz CT molecular complexity index is 523. The van der Waals surface area contributed by atoms with Crippen LogP contribution in [0, 0.1) is 0 Å². The first-order valence-electron chi connectivity index (χ1n) is 6.81. The van der Waals surface area contributed by atoms with Gasteiger partial charge in [0.15, 0.2) is 0 Å². The van der Waals surface area contributed by atoms with Gasteiger partial charge in [-0.15, -0.1) is 0 Å². The number of amides is 1. The van der Waals surface area contributed by atoms with Crippen molar-refractivity contribution in [2.45, 2.75) is 19.4 Å². The van der Waals surface area contributed by atoms with Crippen molar-refractivity contribution in [3.63, 3.8) is 0 Å². The SMILES string of the molecule is CC(C)(O)CN1CCN(C(=O)c2cc(Cl)ncc2Cl)CC1. The molecule has 0 aliphatic carbocycles. The van der Waals surface area contributed by atoms with Crippen LogP contribution in [0.5, 0.6) is 0 Å². The van der Waals surface area contributed by atoms with E-state index in [9.17, 15) is 9.90 Å². The zero-order valence-corrected chi connectivity index (χ0v) is 13.7. The number of rotatable bonds is 3. The Morgan fingerprint density at radius 3 is 2.52 bits per heavy atom. The summed E-state index contributed by atoms with van der Waals surface area (Å²) in [6, 6.07) is 1.50. The number of nitrogens with zero attached hydrogens (tertiary/aromatic N) is 3. The monoisotopic (exact) mass is 331 g/mol. The van der Waals surface area contributed by atoms with Gasteiger partial charge in [-0.05, 0) is 19.9 Å². The molecule has 2 rings (SSSR count). The van der Waals surface area contributed by atoms with Crippen molar-refractivity contribution in [2.24, 2.45) is 0 Å². The molecule has 0 unspecified atom stereocenters. The van der Waals surface area contributed by atoms with Gasteiger partial charge in [-0.25, -0.2) is 4.98 Å². The largest absolute Gasteiger partial charge is 0.389 e. The number of piperazine rings is 1. The molecule has 0 aromatic carbocycles.